The van der Waals surface area contributed by atoms with Crippen LogP contribution in [0.3, 0.4) is 0 Å². The van der Waals surface area contributed by atoms with Crippen LogP contribution in [-0.4, -0.2) is 11.1 Å². The van der Waals surface area contributed by atoms with Crippen LogP contribution in [0.15, 0.2) is 16.7 Å². The molecule has 0 spiro atoms. The molecule has 0 aliphatic carbocycles. The summed E-state index contributed by atoms with van der Waals surface area (Å²) >= 11 is 0. The Labute approximate surface area is 125 Å². The molecule has 1 aromatic carbocycles. The van der Waals surface area contributed by atoms with Crippen molar-refractivity contribution in [1.29, 1.82) is 0 Å². The fourth-order valence-corrected chi connectivity index (χ4v) is 2.29. The number of carbonyl (C=O) groups excluding carboxylic acids is 1. The van der Waals surface area contributed by atoms with Crippen LogP contribution in [0.4, 0.5) is 0 Å². The van der Waals surface area contributed by atoms with Crippen LogP contribution in [0.2, 0.25) is 0 Å². The summed E-state index contributed by atoms with van der Waals surface area (Å²) in [5.41, 5.74) is 4.12. The van der Waals surface area contributed by atoms with Crippen molar-refractivity contribution in [2.24, 2.45) is 0 Å². The predicted octanol–water partition coefficient (Wildman–Crippen LogP) is 4.25. The second kappa shape index (κ2) is 5.72. The van der Waals surface area contributed by atoms with E-state index in [0.29, 0.717) is 22.8 Å². The fourth-order valence-electron chi connectivity index (χ4n) is 2.29. The van der Waals surface area contributed by atoms with Gasteiger partial charge in [-0.15, -0.1) is 0 Å². The van der Waals surface area contributed by atoms with Crippen LogP contribution in [-0.2, 0) is 0 Å². The first-order valence-corrected chi connectivity index (χ1v) is 7.07. The maximum atomic E-state index is 12.5. The van der Waals surface area contributed by atoms with Gasteiger partial charge in [0.15, 0.2) is 5.76 Å². The summed E-state index contributed by atoms with van der Waals surface area (Å²) in [7, 11) is 0. The number of nitrogens with zero attached hydrogens (tertiary/aromatic N) is 1. The second-order valence-corrected chi connectivity index (χ2v) is 5.76. The normalized spacial score (nSPS) is 11.0. The molecule has 2 rings (SSSR count). The summed E-state index contributed by atoms with van der Waals surface area (Å²) < 4.78 is 10.8. The Morgan fingerprint density at radius 1 is 1.19 bits per heavy atom. The van der Waals surface area contributed by atoms with Gasteiger partial charge in [0.25, 0.3) is 0 Å². The summed E-state index contributed by atoms with van der Waals surface area (Å²) in [6.07, 6.45) is 0. The van der Waals surface area contributed by atoms with Gasteiger partial charge >= 0.3 is 5.97 Å². The lowest BCUT2D eigenvalue weighted by Crippen LogP contribution is -2.13. The van der Waals surface area contributed by atoms with Crippen LogP contribution in [0, 0.1) is 27.7 Å². The van der Waals surface area contributed by atoms with Crippen molar-refractivity contribution in [1.82, 2.24) is 5.16 Å². The summed E-state index contributed by atoms with van der Waals surface area (Å²) in [6, 6.07) is 3.94. The lowest BCUT2D eigenvalue weighted by Gasteiger charge is -2.11. The number of hydrogen-bond donors (Lipinski definition) is 0. The molecular formula is C17H21NO3. The zero-order valence-electron chi connectivity index (χ0n) is 13.4. The molecule has 0 saturated heterocycles. The molecule has 0 saturated carbocycles. The highest BCUT2D eigenvalue weighted by atomic mass is 16.5. The minimum atomic E-state index is -0.412. The SMILES string of the molecule is Cc1cc(C)c(C)c(OC(=O)c2c(C)noc2C(C)C)c1. The highest BCUT2D eigenvalue weighted by Crippen LogP contribution is 2.27. The monoisotopic (exact) mass is 287 g/mol. The molecule has 1 heterocycles. The number of rotatable bonds is 3. The van der Waals surface area contributed by atoms with Crippen LogP contribution in [0.5, 0.6) is 5.75 Å². The Morgan fingerprint density at radius 2 is 1.86 bits per heavy atom. The van der Waals surface area contributed by atoms with Gasteiger partial charge in [0.05, 0.1) is 5.69 Å². The average Bonchev–Trinajstić information content (AvgIpc) is 2.77. The fraction of sp³-hybridized carbons (Fsp3) is 0.412. The number of benzene rings is 1. The lowest BCUT2D eigenvalue weighted by atomic mass is 10.0. The standard InChI is InChI=1S/C17H21NO3/c1-9(2)16-15(13(6)18-21-16)17(19)20-14-8-10(3)7-11(4)12(14)5/h7-9H,1-6H3. The molecule has 2 aromatic rings. The Bertz CT molecular complexity index is 684. The molecule has 0 aliphatic heterocycles. The van der Waals surface area contributed by atoms with Crippen LogP contribution >= 0.6 is 0 Å². The van der Waals surface area contributed by atoms with E-state index >= 15 is 0 Å². The van der Waals surface area contributed by atoms with Crippen LogP contribution in [0.25, 0.3) is 0 Å². The first kappa shape index (κ1) is 15.3. The zero-order chi connectivity index (χ0) is 15.7. The van der Waals surface area contributed by atoms with E-state index in [2.05, 4.69) is 11.2 Å². The lowest BCUT2D eigenvalue weighted by molar-refractivity contribution is 0.0730. The summed E-state index contributed by atoms with van der Waals surface area (Å²) in [5, 5.41) is 3.88. The van der Waals surface area contributed by atoms with Crippen molar-refractivity contribution in [2.45, 2.75) is 47.5 Å². The van der Waals surface area contributed by atoms with Crippen molar-refractivity contribution >= 4 is 5.97 Å². The van der Waals surface area contributed by atoms with Crippen LogP contribution < -0.4 is 4.74 Å². The maximum absolute atomic E-state index is 12.5. The molecular weight excluding hydrogens is 266 g/mol. The van der Waals surface area contributed by atoms with Gasteiger partial charge in [-0.2, -0.15) is 0 Å². The minimum absolute atomic E-state index is 0.0779. The number of carbonyl (C=O) groups is 1. The Balaban J connectivity index is 2.37. The maximum Gasteiger partial charge on any atom is 0.349 e. The zero-order valence-corrected chi connectivity index (χ0v) is 13.4. The molecule has 0 aliphatic rings. The smallest absolute Gasteiger partial charge is 0.349 e. The molecule has 0 fully saturated rings. The summed E-state index contributed by atoms with van der Waals surface area (Å²) in [4.78, 5) is 12.5. The molecule has 21 heavy (non-hydrogen) atoms. The van der Waals surface area contributed by atoms with E-state index in [1.807, 2.05) is 40.7 Å². The molecule has 0 amide bonds. The van der Waals surface area contributed by atoms with Crippen molar-refractivity contribution in [3.05, 3.63) is 45.8 Å². The van der Waals surface area contributed by atoms with E-state index in [1.165, 1.54) is 0 Å². The van der Waals surface area contributed by atoms with Gasteiger partial charge in [0, 0.05) is 5.92 Å². The van der Waals surface area contributed by atoms with E-state index in [4.69, 9.17) is 9.26 Å². The van der Waals surface area contributed by atoms with E-state index < -0.39 is 5.97 Å². The molecule has 1 aromatic heterocycles. The third kappa shape index (κ3) is 2.99. The molecule has 4 heteroatoms. The van der Waals surface area contributed by atoms with E-state index in [1.54, 1.807) is 6.92 Å². The van der Waals surface area contributed by atoms with E-state index in [0.717, 1.165) is 16.7 Å². The molecule has 0 N–H and O–H groups in total. The Hall–Kier alpha value is -2.10. The molecule has 4 nitrogen and oxygen atoms in total. The van der Waals surface area contributed by atoms with E-state index in [9.17, 15) is 4.79 Å². The number of ether oxygens (including phenoxy) is 1. The topological polar surface area (TPSA) is 52.3 Å². The van der Waals surface area contributed by atoms with Crippen molar-refractivity contribution < 1.29 is 14.1 Å². The van der Waals surface area contributed by atoms with Gasteiger partial charge in [0.2, 0.25) is 0 Å². The third-order valence-corrected chi connectivity index (χ3v) is 3.58. The molecule has 0 radical (unpaired) electrons. The summed E-state index contributed by atoms with van der Waals surface area (Å²) in [5.74, 6) is 0.826. The van der Waals surface area contributed by atoms with Gasteiger partial charge in [0.1, 0.15) is 11.3 Å². The number of hydrogen-bond acceptors (Lipinski definition) is 4. The van der Waals surface area contributed by atoms with Crippen molar-refractivity contribution in [2.75, 3.05) is 0 Å². The second-order valence-electron chi connectivity index (χ2n) is 5.76. The predicted molar refractivity (Wildman–Crippen MR) is 80.9 cm³/mol. The van der Waals surface area contributed by atoms with Crippen molar-refractivity contribution in [3.8, 4) is 5.75 Å². The van der Waals surface area contributed by atoms with Gasteiger partial charge < -0.3 is 9.26 Å². The van der Waals surface area contributed by atoms with Gasteiger partial charge in [-0.1, -0.05) is 25.1 Å². The third-order valence-electron chi connectivity index (χ3n) is 3.58. The van der Waals surface area contributed by atoms with Crippen molar-refractivity contribution in [3.63, 3.8) is 0 Å². The molecule has 0 atom stereocenters. The number of aryl methyl sites for hydroxylation is 3. The summed E-state index contributed by atoms with van der Waals surface area (Å²) in [6.45, 7) is 11.6. The highest BCUT2D eigenvalue weighted by molar-refractivity contribution is 5.93. The Morgan fingerprint density at radius 3 is 2.48 bits per heavy atom. The Kier molecular flexibility index (Phi) is 4.16. The molecule has 0 bridgehead atoms. The first-order valence-electron chi connectivity index (χ1n) is 7.07. The molecule has 112 valence electrons. The minimum Gasteiger partial charge on any atom is -0.422 e. The quantitative estimate of drug-likeness (QED) is 0.625. The number of esters is 1. The number of aromatic nitrogens is 1. The van der Waals surface area contributed by atoms with Gasteiger partial charge in [-0.05, 0) is 50.5 Å². The van der Waals surface area contributed by atoms with Gasteiger partial charge in [-0.25, -0.2) is 4.79 Å². The van der Waals surface area contributed by atoms with Crippen LogP contribution in [0.1, 0.15) is 58.3 Å². The highest BCUT2D eigenvalue weighted by Gasteiger charge is 2.24. The van der Waals surface area contributed by atoms with E-state index in [-0.39, 0.29) is 5.92 Å². The van der Waals surface area contributed by atoms with Gasteiger partial charge in [-0.3, -0.25) is 0 Å². The average molecular weight is 287 g/mol. The molecule has 0 unspecified atom stereocenters. The largest absolute Gasteiger partial charge is 0.422 e. The first-order chi connectivity index (χ1) is 9.81.